The fourth-order valence-electron chi connectivity index (χ4n) is 1.71. The van der Waals surface area contributed by atoms with E-state index in [0.717, 1.165) is 13.0 Å². The zero-order valence-corrected chi connectivity index (χ0v) is 6.36. The van der Waals surface area contributed by atoms with Crippen molar-refractivity contribution in [3.63, 3.8) is 0 Å². The van der Waals surface area contributed by atoms with Crippen LogP contribution in [0.4, 0.5) is 0 Å². The van der Waals surface area contributed by atoms with E-state index in [9.17, 15) is 4.79 Å². The summed E-state index contributed by atoms with van der Waals surface area (Å²) in [6, 6.07) is 0. The third-order valence-electron chi connectivity index (χ3n) is 2.59. The molecule has 0 amide bonds. The first-order valence-corrected chi connectivity index (χ1v) is 4.00. The van der Waals surface area contributed by atoms with E-state index in [4.69, 9.17) is 16.3 Å². The topological polar surface area (TPSA) is 26.3 Å². The molecule has 1 aliphatic carbocycles. The average molecular weight is 161 g/mol. The third-order valence-corrected chi connectivity index (χ3v) is 2.83. The monoisotopic (exact) mass is 160 g/mol. The molecule has 1 saturated heterocycles. The van der Waals surface area contributed by atoms with Gasteiger partial charge in [-0.05, 0) is 12.3 Å². The van der Waals surface area contributed by atoms with Gasteiger partial charge >= 0.3 is 0 Å². The second-order valence-electron chi connectivity index (χ2n) is 3.13. The van der Waals surface area contributed by atoms with Crippen LogP contribution in [0.3, 0.4) is 0 Å². The van der Waals surface area contributed by atoms with Gasteiger partial charge in [-0.1, -0.05) is 0 Å². The van der Waals surface area contributed by atoms with Crippen molar-refractivity contribution < 1.29 is 9.53 Å². The first-order valence-electron chi connectivity index (χ1n) is 3.46. The predicted molar refractivity (Wildman–Crippen MR) is 37.1 cm³/mol. The molecule has 0 bridgehead atoms. The number of carbonyl (C=O) groups excluding carboxylic acids is 1. The van der Waals surface area contributed by atoms with Crippen LogP contribution in [0.5, 0.6) is 0 Å². The number of fused-ring (bicyclic) bond motifs is 1. The smallest absolute Gasteiger partial charge is 0.156 e. The minimum Gasteiger partial charge on any atom is -0.380 e. The van der Waals surface area contributed by atoms with Gasteiger partial charge in [0.1, 0.15) is 0 Å². The molecule has 2 fully saturated rings. The van der Waals surface area contributed by atoms with E-state index < -0.39 is 0 Å². The molecule has 0 radical (unpaired) electrons. The molecule has 0 aromatic rings. The molecule has 1 saturated carbocycles. The van der Waals surface area contributed by atoms with Crippen molar-refractivity contribution >= 4 is 17.4 Å². The second-order valence-corrected chi connectivity index (χ2v) is 3.40. The first-order chi connectivity index (χ1) is 4.79. The summed E-state index contributed by atoms with van der Waals surface area (Å²) < 4.78 is 5.15. The Morgan fingerprint density at radius 2 is 2.60 bits per heavy atom. The summed E-state index contributed by atoms with van der Waals surface area (Å²) in [5, 5.41) is 0. The highest BCUT2D eigenvalue weighted by atomic mass is 35.5. The van der Waals surface area contributed by atoms with E-state index in [1.807, 2.05) is 0 Å². The molecule has 0 spiro atoms. The molecule has 1 aliphatic heterocycles. The van der Waals surface area contributed by atoms with E-state index in [-0.39, 0.29) is 17.1 Å². The summed E-state index contributed by atoms with van der Waals surface area (Å²) in [5.41, 5.74) is -0.123. The molecule has 2 aliphatic rings. The molecule has 10 heavy (non-hydrogen) atoms. The predicted octanol–water partition coefficient (Wildman–Crippen LogP) is 0.831. The molecule has 2 rings (SSSR count). The largest absolute Gasteiger partial charge is 0.380 e. The van der Waals surface area contributed by atoms with Crippen molar-refractivity contribution in [3.8, 4) is 0 Å². The minimum atomic E-state index is -0.123. The third kappa shape index (κ3) is 0.663. The fourth-order valence-corrected chi connectivity index (χ4v) is 1.98. The molecule has 2 nitrogen and oxygen atoms in total. The van der Waals surface area contributed by atoms with Crippen molar-refractivity contribution in [1.29, 1.82) is 0 Å². The van der Waals surface area contributed by atoms with E-state index in [2.05, 4.69) is 0 Å². The lowest BCUT2D eigenvalue weighted by Gasteiger charge is -2.05. The summed E-state index contributed by atoms with van der Waals surface area (Å²) in [7, 11) is 0. The summed E-state index contributed by atoms with van der Waals surface area (Å²) in [6.07, 6.45) is 1.01. The van der Waals surface area contributed by atoms with Crippen LogP contribution in [0.2, 0.25) is 0 Å². The van der Waals surface area contributed by atoms with Gasteiger partial charge in [-0.25, -0.2) is 0 Å². The molecule has 2 unspecified atom stereocenters. The van der Waals surface area contributed by atoms with Crippen LogP contribution in [0, 0.1) is 11.3 Å². The first kappa shape index (κ1) is 6.62. The number of ether oxygens (including phenoxy) is 1. The number of rotatable bonds is 2. The van der Waals surface area contributed by atoms with Crippen LogP contribution >= 0.6 is 11.6 Å². The Labute approximate surface area is 64.5 Å². The molecular formula is C7H9ClO2. The van der Waals surface area contributed by atoms with Crippen molar-refractivity contribution in [2.24, 2.45) is 11.3 Å². The van der Waals surface area contributed by atoms with Gasteiger partial charge in [-0.15, -0.1) is 11.6 Å². The zero-order valence-electron chi connectivity index (χ0n) is 5.60. The molecular weight excluding hydrogens is 152 g/mol. The molecule has 3 heteroatoms. The van der Waals surface area contributed by atoms with E-state index >= 15 is 0 Å². The standard InChI is InChI=1S/C7H9ClO2/c8-2-6(9)7-1-5(7)3-10-4-7/h5H,1-4H2. The van der Waals surface area contributed by atoms with Crippen molar-refractivity contribution in [1.82, 2.24) is 0 Å². The quantitative estimate of drug-likeness (QED) is 0.560. The van der Waals surface area contributed by atoms with E-state index in [0.29, 0.717) is 12.5 Å². The van der Waals surface area contributed by atoms with E-state index in [1.54, 1.807) is 0 Å². The number of carbonyl (C=O) groups is 1. The van der Waals surface area contributed by atoms with Gasteiger partial charge in [0.15, 0.2) is 5.78 Å². The number of ketones is 1. The minimum absolute atomic E-state index is 0.123. The number of hydrogen-bond acceptors (Lipinski definition) is 2. The van der Waals surface area contributed by atoms with Crippen LogP contribution in [-0.2, 0) is 9.53 Å². The lowest BCUT2D eigenvalue weighted by atomic mass is 10.0. The fraction of sp³-hybridized carbons (Fsp3) is 0.857. The molecule has 56 valence electrons. The SMILES string of the molecule is O=C(CCl)C12COCC1C2. The Bertz CT molecular complexity index is 180. The van der Waals surface area contributed by atoms with E-state index in [1.165, 1.54) is 0 Å². The Morgan fingerprint density at radius 1 is 1.80 bits per heavy atom. The Hall–Kier alpha value is -0.0800. The number of Topliss-reactive ketones (excluding diaryl/α,β-unsaturated/α-hetero) is 1. The van der Waals surface area contributed by atoms with Gasteiger partial charge in [0.05, 0.1) is 24.5 Å². The van der Waals surface area contributed by atoms with Crippen molar-refractivity contribution in [2.75, 3.05) is 19.1 Å². The van der Waals surface area contributed by atoms with Gasteiger partial charge in [0.25, 0.3) is 0 Å². The number of alkyl halides is 1. The Kier molecular flexibility index (Phi) is 1.29. The molecule has 1 heterocycles. The molecule has 0 aromatic carbocycles. The van der Waals surface area contributed by atoms with Crippen LogP contribution in [0.1, 0.15) is 6.42 Å². The Balaban J connectivity index is 2.11. The summed E-state index contributed by atoms with van der Waals surface area (Å²) in [5.74, 6) is 0.829. The molecule has 0 N–H and O–H groups in total. The van der Waals surface area contributed by atoms with Gasteiger partial charge < -0.3 is 4.74 Å². The summed E-state index contributed by atoms with van der Waals surface area (Å²) in [6.45, 7) is 1.38. The highest BCUT2D eigenvalue weighted by molar-refractivity contribution is 6.28. The van der Waals surface area contributed by atoms with Gasteiger partial charge in [-0.3, -0.25) is 4.79 Å². The van der Waals surface area contributed by atoms with Gasteiger partial charge in [0, 0.05) is 0 Å². The van der Waals surface area contributed by atoms with Crippen molar-refractivity contribution in [3.05, 3.63) is 0 Å². The lowest BCUT2D eigenvalue weighted by molar-refractivity contribution is -0.122. The highest BCUT2D eigenvalue weighted by Crippen LogP contribution is 2.57. The van der Waals surface area contributed by atoms with Crippen LogP contribution in [0.25, 0.3) is 0 Å². The van der Waals surface area contributed by atoms with Crippen LogP contribution in [-0.4, -0.2) is 24.9 Å². The maximum Gasteiger partial charge on any atom is 0.156 e. The second kappa shape index (κ2) is 1.95. The van der Waals surface area contributed by atoms with Gasteiger partial charge in [-0.2, -0.15) is 0 Å². The number of hydrogen-bond donors (Lipinski definition) is 0. The molecule has 2 atom stereocenters. The Morgan fingerprint density at radius 3 is 3.00 bits per heavy atom. The van der Waals surface area contributed by atoms with Crippen molar-refractivity contribution in [2.45, 2.75) is 6.42 Å². The lowest BCUT2D eigenvalue weighted by Crippen LogP contribution is -2.20. The number of halogens is 1. The maximum absolute atomic E-state index is 11.2. The summed E-state index contributed by atoms with van der Waals surface area (Å²) in [4.78, 5) is 11.2. The highest BCUT2D eigenvalue weighted by Gasteiger charge is 2.62. The maximum atomic E-state index is 11.2. The zero-order chi connectivity index (χ0) is 7.19. The average Bonchev–Trinajstić information content (AvgIpc) is 2.54. The van der Waals surface area contributed by atoms with Crippen LogP contribution in [0.15, 0.2) is 0 Å². The molecule has 0 aromatic heterocycles. The summed E-state index contributed by atoms with van der Waals surface area (Å²) >= 11 is 5.44. The normalized spacial score (nSPS) is 43.1. The van der Waals surface area contributed by atoms with Crippen LogP contribution < -0.4 is 0 Å². The van der Waals surface area contributed by atoms with Gasteiger partial charge in [0.2, 0.25) is 0 Å².